The average molecular weight is 385 g/mol. The molecule has 23 heavy (non-hydrogen) atoms. The molecule has 1 rings (SSSR count). The van der Waals surface area contributed by atoms with Crippen LogP contribution in [0.2, 0.25) is 0 Å². The van der Waals surface area contributed by atoms with Crippen molar-refractivity contribution >= 4 is 32.4 Å². The van der Waals surface area contributed by atoms with E-state index >= 15 is 0 Å². The number of likely N-dealkylation sites (N-methyl/N-ethyl adjacent to an activating group) is 1. The van der Waals surface area contributed by atoms with Crippen molar-refractivity contribution in [2.75, 3.05) is 12.4 Å². The number of hydrogen-bond acceptors (Lipinski definition) is 4. The van der Waals surface area contributed by atoms with Gasteiger partial charge in [-0.2, -0.15) is 0 Å². The summed E-state index contributed by atoms with van der Waals surface area (Å²) in [5.74, 6) is 0.397. The Labute approximate surface area is 146 Å². The second-order valence-corrected chi connectivity index (χ2v) is 6.74. The third-order valence-corrected chi connectivity index (χ3v) is 3.79. The van der Waals surface area contributed by atoms with Gasteiger partial charge in [-0.15, -0.1) is 0 Å². The molecular formula is C17H25BrN2O3. The predicted molar refractivity (Wildman–Crippen MR) is 96.0 cm³/mol. The van der Waals surface area contributed by atoms with Crippen LogP contribution >= 0.6 is 15.9 Å². The maximum Gasteiger partial charge on any atom is 0.374 e. The van der Waals surface area contributed by atoms with E-state index in [0.29, 0.717) is 5.92 Å². The molecule has 0 radical (unpaired) electrons. The third-order valence-electron chi connectivity index (χ3n) is 3.57. The molecule has 0 heterocycles. The van der Waals surface area contributed by atoms with Crippen LogP contribution in [0.15, 0.2) is 12.1 Å². The van der Waals surface area contributed by atoms with Crippen molar-refractivity contribution in [3.8, 4) is 0 Å². The Morgan fingerprint density at radius 2 is 1.78 bits per heavy atom. The molecule has 0 spiro atoms. The van der Waals surface area contributed by atoms with E-state index in [1.54, 1.807) is 7.05 Å². The first-order chi connectivity index (χ1) is 10.7. The van der Waals surface area contributed by atoms with Crippen LogP contribution in [0.3, 0.4) is 0 Å². The number of amides is 1. The minimum absolute atomic E-state index is 0.0352. The first-order valence-electron chi connectivity index (χ1n) is 7.65. The highest BCUT2D eigenvalue weighted by atomic mass is 79.9. The van der Waals surface area contributed by atoms with Gasteiger partial charge in [-0.25, -0.2) is 4.79 Å². The molecule has 5 nitrogen and oxygen atoms in total. The van der Waals surface area contributed by atoms with Gasteiger partial charge in [0.2, 0.25) is 5.91 Å². The molecule has 0 aliphatic heterocycles. The maximum absolute atomic E-state index is 12.4. The maximum atomic E-state index is 12.4. The molecule has 0 aliphatic rings. The van der Waals surface area contributed by atoms with Crippen molar-refractivity contribution in [3.05, 3.63) is 28.8 Å². The van der Waals surface area contributed by atoms with Crippen molar-refractivity contribution in [3.63, 3.8) is 0 Å². The van der Waals surface area contributed by atoms with E-state index in [-0.39, 0.29) is 18.6 Å². The van der Waals surface area contributed by atoms with Crippen LogP contribution in [-0.2, 0) is 16.1 Å². The van der Waals surface area contributed by atoms with Gasteiger partial charge in [0, 0.05) is 21.6 Å². The molecule has 1 unspecified atom stereocenters. The first-order valence-corrected chi connectivity index (χ1v) is 8.44. The quantitative estimate of drug-likeness (QED) is 0.699. The van der Waals surface area contributed by atoms with E-state index in [2.05, 4.69) is 40.4 Å². The lowest BCUT2D eigenvalue weighted by atomic mass is 10.0. The van der Waals surface area contributed by atoms with Crippen LogP contribution in [0.4, 0.5) is 10.5 Å². The summed E-state index contributed by atoms with van der Waals surface area (Å²) in [5, 5.41) is 6.07. The number of halogens is 1. The van der Waals surface area contributed by atoms with E-state index in [0.717, 1.165) is 28.8 Å². The second kappa shape index (κ2) is 9.03. The van der Waals surface area contributed by atoms with E-state index < -0.39 is 4.88 Å². The molecule has 1 aromatic carbocycles. The van der Waals surface area contributed by atoms with Gasteiger partial charge < -0.3 is 15.4 Å². The molecule has 128 valence electrons. The molecule has 1 atom stereocenters. The Balaban J connectivity index is 2.88. The van der Waals surface area contributed by atoms with Crippen molar-refractivity contribution in [1.82, 2.24) is 5.32 Å². The zero-order valence-corrected chi connectivity index (χ0v) is 15.9. The van der Waals surface area contributed by atoms with Gasteiger partial charge in [-0.05, 0) is 49.9 Å². The van der Waals surface area contributed by atoms with Gasteiger partial charge in [0.05, 0.1) is 6.04 Å². The van der Waals surface area contributed by atoms with Gasteiger partial charge in [-0.1, -0.05) is 26.0 Å². The lowest BCUT2D eigenvalue weighted by molar-refractivity contribution is -0.118. The van der Waals surface area contributed by atoms with Crippen molar-refractivity contribution in [1.29, 1.82) is 0 Å². The lowest BCUT2D eigenvalue weighted by Gasteiger charge is -2.20. The summed E-state index contributed by atoms with van der Waals surface area (Å²) in [6.45, 7) is 8.24. The van der Waals surface area contributed by atoms with Gasteiger partial charge in [0.15, 0.2) is 0 Å². The molecule has 2 N–H and O–H groups in total. The molecule has 0 fully saturated rings. The molecule has 0 saturated carbocycles. The molecule has 0 bridgehead atoms. The van der Waals surface area contributed by atoms with Gasteiger partial charge >= 0.3 is 4.88 Å². The summed E-state index contributed by atoms with van der Waals surface area (Å²) in [7, 11) is 1.80. The molecule has 6 heteroatoms. The number of nitrogens with one attached hydrogen (secondary N) is 2. The molecule has 0 aliphatic carbocycles. The van der Waals surface area contributed by atoms with Crippen LogP contribution in [-0.4, -0.2) is 23.9 Å². The Kier molecular flexibility index (Phi) is 7.72. The normalized spacial score (nSPS) is 12.1. The fourth-order valence-corrected chi connectivity index (χ4v) is 2.63. The summed E-state index contributed by atoms with van der Waals surface area (Å²) < 4.78 is 4.94. The monoisotopic (exact) mass is 384 g/mol. The summed E-state index contributed by atoms with van der Waals surface area (Å²) in [5.41, 5.74) is 3.59. The van der Waals surface area contributed by atoms with E-state index in [9.17, 15) is 9.59 Å². The fraction of sp³-hybridized carbons (Fsp3) is 0.529. The highest BCUT2D eigenvalue weighted by Crippen LogP contribution is 2.23. The zero-order valence-electron chi connectivity index (χ0n) is 14.3. The minimum atomic E-state index is -0.490. The Morgan fingerprint density at radius 3 is 2.22 bits per heavy atom. The number of rotatable bonds is 7. The molecule has 1 aromatic rings. The van der Waals surface area contributed by atoms with E-state index in [4.69, 9.17) is 4.74 Å². The highest BCUT2D eigenvalue weighted by molar-refractivity contribution is 9.18. The summed E-state index contributed by atoms with van der Waals surface area (Å²) >= 11 is 2.73. The van der Waals surface area contributed by atoms with Gasteiger partial charge in [0.1, 0.15) is 6.61 Å². The molecule has 1 amide bonds. The SMILES string of the molecule is CNC(CC(C)C)C(=O)Nc1c(C)cc(COC(=O)Br)cc1C. The number of ether oxygens (including phenoxy) is 1. The predicted octanol–water partition coefficient (Wildman–Crippen LogP) is 3.91. The summed E-state index contributed by atoms with van der Waals surface area (Å²) in [6, 6.07) is 3.60. The Bertz CT molecular complexity index is 550. The standard InChI is InChI=1S/C17H25BrN2O3/c1-10(2)6-14(19-5)16(21)20-15-11(3)7-13(8-12(15)4)9-23-17(18)22/h7-8,10,14,19H,6,9H2,1-5H3,(H,20,21). The molecule has 0 saturated heterocycles. The number of benzene rings is 1. The number of carbonyl (C=O) groups is 2. The van der Waals surface area contributed by atoms with Crippen LogP contribution in [0.1, 0.15) is 37.0 Å². The van der Waals surface area contributed by atoms with Gasteiger partial charge in [0.25, 0.3) is 0 Å². The smallest absolute Gasteiger partial charge is 0.374 e. The summed E-state index contributed by atoms with van der Waals surface area (Å²) in [6.07, 6.45) is 0.777. The molecular weight excluding hydrogens is 360 g/mol. The van der Waals surface area contributed by atoms with Crippen LogP contribution in [0.5, 0.6) is 0 Å². The van der Waals surface area contributed by atoms with Crippen molar-refractivity contribution in [2.24, 2.45) is 5.92 Å². The average Bonchev–Trinajstić information content (AvgIpc) is 2.45. The highest BCUT2D eigenvalue weighted by Gasteiger charge is 2.19. The zero-order chi connectivity index (χ0) is 17.6. The first kappa shape index (κ1) is 19.6. The van der Waals surface area contributed by atoms with Gasteiger partial charge in [-0.3, -0.25) is 4.79 Å². The van der Waals surface area contributed by atoms with E-state index in [1.807, 2.05) is 26.0 Å². The Morgan fingerprint density at radius 1 is 1.22 bits per heavy atom. The number of carbonyl (C=O) groups excluding carboxylic acids is 2. The van der Waals surface area contributed by atoms with Crippen molar-refractivity contribution in [2.45, 2.75) is 46.8 Å². The number of hydrogen-bond donors (Lipinski definition) is 2. The topological polar surface area (TPSA) is 67.4 Å². The number of aryl methyl sites for hydroxylation is 2. The fourth-order valence-electron chi connectivity index (χ4n) is 2.51. The largest absolute Gasteiger partial charge is 0.452 e. The van der Waals surface area contributed by atoms with Crippen LogP contribution < -0.4 is 10.6 Å². The Hall–Kier alpha value is -1.40. The van der Waals surface area contributed by atoms with Crippen molar-refractivity contribution < 1.29 is 14.3 Å². The lowest BCUT2D eigenvalue weighted by Crippen LogP contribution is -2.39. The third kappa shape index (κ3) is 6.31. The molecule has 0 aromatic heterocycles. The second-order valence-electron chi connectivity index (χ2n) is 6.09. The minimum Gasteiger partial charge on any atom is -0.452 e. The van der Waals surface area contributed by atoms with E-state index in [1.165, 1.54) is 0 Å². The number of anilines is 1. The van der Waals surface area contributed by atoms with Crippen LogP contribution in [0.25, 0.3) is 0 Å². The van der Waals surface area contributed by atoms with Crippen LogP contribution in [0, 0.1) is 19.8 Å². The summed E-state index contributed by atoms with van der Waals surface area (Å²) in [4.78, 5) is 22.8.